The van der Waals surface area contributed by atoms with Gasteiger partial charge in [0.2, 0.25) is 0 Å². The first kappa shape index (κ1) is 10.1. The molecule has 1 aromatic carbocycles. The highest BCUT2D eigenvalue weighted by atomic mass is 32.2. The van der Waals surface area contributed by atoms with Crippen molar-refractivity contribution in [1.29, 1.82) is 0 Å². The van der Waals surface area contributed by atoms with Crippen molar-refractivity contribution in [1.82, 2.24) is 9.78 Å². The summed E-state index contributed by atoms with van der Waals surface area (Å²) < 4.78 is 1.79. The van der Waals surface area contributed by atoms with Crippen molar-refractivity contribution in [2.45, 2.75) is 10.6 Å². The van der Waals surface area contributed by atoms with Crippen LogP contribution in [0.15, 0.2) is 41.4 Å². The fourth-order valence-electron chi connectivity index (χ4n) is 1.27. The van der Waals surface area contributed by atoms with Crippen LogP contribution in [-0.4, -0.2) is 14.9 Å². The Morgan fingerprint density at radius 2 is 2.27 bits per heavy atom. The number of rotatable bonds is 3. The van der Waals surface area contributed by atoms with Gasteiger partial charge in [0.1, 0.15) is 5.75 Å². The monoisotopic (exact) mass is 220 g/mol. The average Bonchev–Trinajstić information content (AvgIpc) is 2.62. The number of hydrogen-bond acceptors (Lipinski definition) is 3. The summed E-state index contributed by atoms with van der Waals surface area (Å²) in [6.07, 6.45) is 1.93. The van der Waals surface area contributed by atoms with Crippen LogP contribution in [-0.2, 0) is 12.8 Å². The van der Waals surface area contributed by atoms with Crippen LogP contribution in [0.5, 0.6) is 5.75 Å². The Balaban J connectivity index is 1.99. The molecule has 0 unspecified atom stereocenters. The molecule has 0 aliphatic carbocycles. The maximum atomic E-state index is 9.28. The van der Waals surface area contributed by atoms with Crippen molar-refractivity contribution in [3.05, 3.63) is 42.2 Å². The minimum absolute atomic E-state index is 0.307. The number of benzene rings is 1. The first-order valence-electron chi connectivity index (χ1n) is 4.64. The van der Waals surface area contributed by atoms with Crippen molar-refractivity contribution < 1.29 is 5.11 Å². The lowest BCUT2D eigenvalue weighted by molar-refractivity contribution is 0.474. The van der Waals surface area contributed by atoms with Crippen LogP contribution < -0.4 is 0 Å². The van der Waals surface area contributed by atoms with E-state index in [4.69, 9.17) is 0 Å². The van der Waals surface area contributed by atoms with Gasteiger partial charge in [-0.15, -0.1) is 11.8 Å². The fraction of sp³-hybridized carbons (Fsp3) is 0.182. The third-order valence-electron chi connectivity index (χ3n) is 1.97. The lowest BCUT2D eigenvalue weighted by Crippen LogP contribution is -1.89. The van der Waals surface area contributed by atoms with Gasteiger partial charge >= 0.3 is 0 Å². The summed E-state index contributed by atoms with van der Waals surface area (Å²) in [5.41, 5.74) is 1.05. The van der Waals surface area contributed by atoms with Gasteiger partial charge in [-0.3, -0.25) is 4.68 Å². The second kappa shape index (κ2) is 4.40. The molecule has 0 atom stereocenters. The van der Waals surface area contributed by atoms with Crippen LogP contribution in [0.2, 0.25) is 0 Å². The summed E-state index contributed by atoms with van der Waals surface area (Å²) in [4.78, 5) is 1.06. The quantitative estimate of drug-likeness (QED) is 0.807. The molecule has 0 aliphatic heterocycles. The van der Waals surface area contributed by atoms with E-state index < -0.39 is 0 Å². The lowest BCUT2D eigenvalue weighted by atomic mass is 10.3. The lowest BCUT2D eigenvalue weighted by Gasteiger charge is -1.99. The summed E-state index contributed by atoms with van der Waals surface area (Å²) in [5, 5.41) is 13.6. The van der Waals surface area contributed by atoms with E-state index in [0.29, 0.717) is 5.75 Å². The molecule has 0 bridgehead atoms. The Hall–Kier alpha value is -1.42. The van der Waals surface area contributed by atoms with E-state index in [-0.39, 0.29) is 0 Å². The summed E-state index contributed by atoms with van der Waals surface area (Å²) in [5.74, 6) is 1.13. The number of aromatic hydroxyl groups is 1. The Morgan fingerprint density at radius 3 is 2.93 bits per heavy atom. The van der Waals surface area contributed by atoms with Gasteiger partial charge in [0.05, 0.1) is 5.69 Å². The predicted octanol–water partition coefficient (Wildman–Crippen LogP) is 2.42. The van der Waals surface area contributed by atoms with Gasteiger partial charge in [-0.2, -0.15) is 5.10 Å². The highest BCUT2D eigenvalue weighted by Crippen LogP contribution is 2.24. The van der Waals surface area contributed by atoms with Crippen LogP contribution in [0.25, 0.3) is 0 Å². The second-order valence-electron chi connectivity index (χ2n) is 3.27. The van der Waals surface area contributed by atoms with E-state index in [1.54, 1.807) is 28.6 Å². The molecule has 1 N–H and O–H groups in total. The van der Waals surface area contributed by atoms with Gasteiger partial charge in [-0.05, 0) is 24.3 Å². The molecule has 0 saturated heterocycles. The maximum Gasteiger partial charge on any atom is 0.116 e. The molecule has 4 heteroatoms. The number of phenols is 1. The van der Waals surface area contributed by atoms with E-state index in [9.17, 15) is 5.11 Å². The number of hydrogen-bond donors (Lipinski definition) is 1. The largest absolute Gasteiger partial charge is 0.508 e. The summed E-state index contributed by atoms with van der Waals surface area (Å²) >= 11 is 1.67. The topological polar surface area (TPSA) is 38.0 Å². The molecule has 78 valence electrons. The van der Waals surface area contributed by atoms with Crippen molar-refractivity contribution in [2.75, 3.05) is 0 Å². The van der Waals surface area contributed by atoms with Gasteiger partial charge in [0, 0.05) is 23.9 Å². The van der Waals surface area contributed by atoms with Gasteiger partial charge in [-0.1, -0.05) is 6.07 Å². The van der Waals surface area contributed by atoms with Gasteiger partial charge in [0.15, 0.2) is 0 Å². The molecule has 3 nitrogen and oxygen atoms in total. The van der Waals surface area contributed by atoms with E-state index in [1.807, 2.05) is 31.4 Å². The zero-order valence-corrected chi connectivity index (χ0v) is 9.24. The minimum atomic E-state index is 0.307. The van der Waals surface area contributed by atoms with Gasteiger partial charge in [0.25, 0.3) is 0 Å². The Kier molecular flexibility index (Phi) is 2.97. The molecule has 15 heavy (non-hydrogen) atoms. The smallest absolute Gasteiger partial charge is 0.116 e. The Labute approximate surface area is 92.7 Å². The van der Waals surface area contributed by atoms with Crippen LogP contribution in [0.3, 0.4) is 0 Å². The molecule has 2 aromatic rings. The number of aryl methyl sites for hydroxylation is 1. The highest BCUT2D eigenvalue weighted by Gasteiger charge is 1.99. The molecule has 0 spiro atoms. The third-order valence-corrected chi connectivity index (χ3v) is 3.00. The molecule has 0 fully saturated rings. The SMILES string of the molecule is Cn1ccc(CSc2cccc(O)c2)n1. The van der Waals surface area contributed by atoms with E-state index in [0.717, 1.165) is 16.3 Å². The van der Waals surface area contributed by atoms with E-state index in [1.165, 1.54) is 0 Å². The van der Waals surface area contributed by atoms with Crippen LogP contribution in [0.4, 0.5) is 0 Å². The van der Waals surface area contributed by atoms with Gasteiger partial charge < -0.3 is 5.11 Å². The first-order valence-corrected chi connectivity index (χ1v) is 5.63. The highest BCUT2D eigenvalue weighted by molar-refractivity contribution is 7.98. The summed E-state index contributed by atoms with van der Waals surface area (Å²) in [7, 11) is 1.91. The Bertz CT molecular complexity index is 453. The molecule has 0 saturated carbocycles. The van der Waals surface area contributed by atoms with Crippen molar-refractivity contribution in [2.24, 2.45) is 7.05 Å². The molecule has 2 rings (SSSR count). The molecular weight excluding hydrogens is 208 g/mol. The number of thioether (sulfide) groups is 1. The number of nitrogens with zero attached hydrogens (tertiary/aromatic N) is 2. The van der Waals surface area contributed by atoms with Gasteiger partial charge in [-0.25, -0.2) is 0 Å². The molecular formula is C11H12N2OS. The predicted molar refractivity (Wildman–Crippen MR) is 60.9 cm³/mol. The van der Waals surface area contributed by atoms with E-state index >= 15 is 0 Å². The normalized spacial score (nSPS) is 10.5. The van der Waals surface area contributed by atoms with Crippen LogP contribution in [0, 0.1) is 0 Å². The summed E-state index contributed by atoms with van der Waals surface area (Å²) in [6.45, 7) is 0. The third kappa shape index (κ3) is 2.76. The number of phenolic OH excluding ortho intramolecular Hbond substituents is 1. The van der Waals surface area contributed by atoms with Crippen LogP contribution >= 0.6 is 11.8 Å². The standard InChI is InChI=1S/C11H12N2OS/c1-13-6-5-9(12-13)8-15-11-4-2-3-10(14)7-11/h2-7,14H,8H2,1H3. The first-order chi connectivity index (χ1) is 7.24. The van der Waals surface area contributed by atoms with Crippen molar-refractivity contribution in [3.63, 3.8) is 0 Å². The average molecular weight is 220 g/mol. The molecule has 0 aliphatic rings. The molecule has 1 heterocycles. The zero-order chi connectivity index (χ0) is 10.7. The van der Waals surface area contributed by atoms with Crippen molar-refractivity contribution in [3.8, 4) is 5.75 Å². The number of aromatic nitrogens is 2. The molecule has 1 aromatic heterocycles. The molecule has 0 radical (unpaired) electrons. The minimum Gasteiger partial charge on any atom is -0.508 e. The molecule has 0 amide bonds. The summed E-state index contributed by atoms with van der Waals surface area (Å²) in [6, 6.07) is 9.25. The second-order valence-corrected chi connectivity index (χ2v) is 4.32. The maximum absolute atomic E-state index is 9.28. The fourth-order valence-corrected chi connectivity index (χ4v) is 2.12. The van der Waals surface area contributed by atoms with Crippen LogP contribution in [0.1, 0.15) is 5.69 Å². The Morgan fingerprint density at radius 1 is 1.40 bits per heavy atom. The van der Waals surface area contributed by atoms with E-state index in [2.05, 4.69) is 5.10 Å². The zero-order valence-electron chi connectivity index (χ0n) is 8.42. The van der Waals surface area contributed by atoms with Crippen molar-refractivity contribution >= 4 is 11.8 Å².